The van der Waals surface area contributed by atoms with Crippen molar-refractivity contribution in [2.75, 3.05) is 6.54 Å². The van der Waals surface area contributed by atoms with E-state index in [2.05, 4.69) is 15.8 Å². The topological polar surface area (TPSA) is 53.5 Å². The van der Waals surface area contributed by atoms with Crippen molar-refractivity contribution < 1.29 is 13.6 Å². The quantitative estimate of drug-likeness (QED) is 0.626. The summed E-state index contributed by atoms with van der Waals surface area (Å²) in [6, 6.07) is 13.6. The van der Waals surface area contributed by atoms with E-state index < -0.39 is 11.6 Å². The van der Waals surface area contributed by atoms with Gasteiger partial charge in [-0.1, -0.05) is 36.4 Å². The Bertz CT molecular complexity index is 793. The number of hydrogen-bond acceptors (Lipinski definition) is 3. The fourth-order valence-electron chi connectivity index (χ4n) is 2.69. The summed E-state index contributed by atoms with van der Waals surface area (Å²) in [5.41, 5.74) is 4.92. The van der Waals surface area contributed by atoms with Gasteiger partial charge in [-0.25, -0.2) is 14.2 Å². The van der Waals surface area contributed by atoms with E-state index >= 15 is 0 Å². The van der Waals surface area contributed by atoms with Crippen LogP contribution in [-0.2, 0) is 4.79 Å². The number of nitrogens with one attached hydrogen (secondary N) is 2. The maximum atomic E-state index is 13.3. The number of nitrogens with zero attached hydrogens (tertiary/aromatic N) is 1. The number of hydrogen-bond donors (Lipinski definition) is 2. The van der Waals surface area contributed by atoms with E-state index in [4.69, 9.17) is 0 Å². The predicted molar refractivity (Wildman–Crippen MR) is 92.3 cm³/mol. The number of hydrazone groups is 1. The van der Waals surface area contributed by atoms with Crippen molar-refractivity contribution in [2.45, 2.75) is 25.3 Å². The molecule has 1 fully saturated rings. The minimum absolute atomic E-state index is 0.0924. The maximum absolute atomic E-state index is 13.3. The van der Waals surface area contributed by atoms with Crippen LogP contribution < -0.4 is 10.7 Å². The first-order valence-electron chi connectivity index (χ1n) is 8.11. The van der Waals surface area contributed by atoms with Crippen molar-refractivity contribution in [1.82, 2.24) is 10.7 Å². The summed E-state index contributed by atoms with van der Waals surface area (Å²) < 4.78 is 26.2. The van der Waals surface area contributed by atoms with Gasteiger partial charge in [0.15, 0.2) is 11.6 Å². The van der Waals surface area contributed by atoms with E-state index in [1.165, 1.54) is 6.07 Å². The second-order valence-electron chi connectivity index (χ2n) is 6.10. The van der Waals surface area contributed by atoms with Crippen molar-refractivity contribution in [1.29, 1.82) is 0 Å². The summed E-state index contributed by atoms with van der Waals surface area (Å²) in [5.74, 6) is -1.82. The van der Waals surface area contributed by atoms with E-state index in [1.54, 1.807) is 6.07 Å². The third-order valence-corrected chi connectivity index (χ3v) is 4.23. The van der Waals surface area contributed by atoms with Crippen LogP contribution >= 0.6 is 0 Å². The third kappa shape index (κ3) is 4.48. The zero-order chi connectivity index (χ0) is 17.8. The molecular weight excluding hydrogens is 324 g/mol. The molecular formula is C19H19F2N3O. The van der Waals surface area contributed by atoms with Crippen LogP contribution in [0.25, 0.3) is 0 Å². The molecule has 0 heterocycles. The minimum atomic E-state index is -0.847. The van der Waals surface area contributed by atoms with Crippen molar-refractivity contribution in [3.63, 3.8) is 0 Å². The Labute approximate surface area is 144 Å². The zero-order valence-electron chi connectivity index (χ0n) is 13.8. The number of amides is 1. The maximum Gasteiger partial charge on any atom is 0.254 e. The summed E-state index contributed by atoms with van der Waals surface area (Å²) >= 11 is 0. The lowest BCUT2D eigenvalue weighted by Crippen LogP contribution is -2.33. The standard InChI is InChI=1S/C19H19F2N3O/c1-12(13-5-3-2-4-6-13)23-24-19(25)11-22-18-10-15(18)14-7-8-16(20)17(21)9-14/h2-9,15,18,22H,10-11H2,1H3,(H,24,25)/b23-12+/t15-,18+/m0/s1. The average molecular weight is 343 g/mol. The van der Waals surface area contributed by atoms with Gasteiger partial charge in [0.05, 0.1) is 12.3 Å². The molecule has 2 N–H and O–H groups in total. The summed E-state index contributed by atoms with van der Waals surface area (Å²) in [6.45, 7) is 1.94. The summed E-state index contributed by atoms with van der Waals surface area (Å²) in [4.78, 5) is 11.9. The number of carbonyl (C=O) groups excluding carboxylic acids is 1. The highest BCUT2D eigenvalue weighted by atomic mass is 19.2. The first kappa shape index (κ1) is 17.2. The van der Waals surface area contributed by atoms with Gasteiger partial charge < -0.3 is 5.32 Å². The Morgan fingerprint density at radius 1 is 1.16 bits per heavy atom. The lowest BCUT2D eigenvalue weighted by Gasteiger charge is -2.05. The average Bonchev–Trinajstić information content (AvgIpc) is 3.40. The molecule has 1 aliphatic rings. The summed E-state index contributed by atoms with van der Waals surface area (Å²) in [7, 11) is 0. The van der Waals surface area contributed by atoms with Gasteiger partial charge in [-0.05, 0) is 36.6 Å². The van der Waals surface area contributed by atoms with Gasteiger partial charge in [0.25, 0.3) is 5.91 Å². The molecule has 25 heavy (non-hydrogen) atoms. The molecule has 2 aromatic rings. The van der Waals surface area contributed by atoms with Crippen LogP contribution in [0.15, 0.2) is 53.6 Å². The van der Waals surface area contributed by atoms with Crippen molar-refractivity contribution in [3.05, 3.63) is 71.3 Å². The van der Waals surface area contributed by atoms with Crippen LogP contribution in [0.4, 0.5) is 8.78 Å². The molecule has 1 aliphatic carbocycles. The molecule has 0 bridgehead atoms. The van der Waals surface area contributed by atoms with E-state index in [-0.39, 0.29) is 24.4 Å². The highest BCUT2D eigenvalue weighted by Crippen LogP contribution is 2.40. The van der Waals surface area contributed by atoms with Crippen LogP contribution in [0.1, 0.15) is 30.4 Å². The Hall–Kier alpha value is -2.60. The van der Waals surface area contributed by atoms with Crippen LogP contribution in [-0.4, -0.2) is 24.2 Å². The molecule has 1 amide bonds. The van der Waals surface area contributed by atoms with E-state index in [9.17, 15) is 13.6 Å². The number of benzene rings is 2. The molecule has 0 unspecified atom stereocenters. The normalized spacial score (nSPS) is 19.6. The Morgan fingerprint density at radius 2 is 1.92 bits per heavy atom. The fraction of sp³-hybridized carbons (Fsp3) is 0.263. The molecule has 0 spiro atoms. The molecule has 0 aliphatic heterocycles. The van der Waals surface area contributed by atoms with E-state index in [0.717, 1.165) is 29.3 Å². The van der Waals surface area contributed by atoms with Gasteiger partial charge in [-0.3, -0.25) is 4.79 Å². The molecule has 3 rings (SSSR count). The first-order valence-corrected chi connectivity index (χ1v) is 8.11. The highest BCUT2D eigenvalue weighted by Gasteiger charge is 2.38. The van der Waals surface area contributed by atoms with Gasteiger partial charge in [0.1, 0.15) is 0 Å². The minimum Gasteiger partial charge on any atom is -0.305 e. The Morgan fingerprint density at radius 3 is 2.64 bits per heavy atom. The van der Waals surface area contributed by atoms with Gasteiger partial charge in [0, 0.05) is 12.0 Å². The third-order valence-electron chi connectivity index (χ3n) is 4.23. The van der Waals surface area contributed by atoms with Crippen LogP contribution in [0.5, 0.6) is 0 Å². The van der Waals surface area contributed by atoms with Crippen LogP contribution in [0.2, 0.25) is 0 Å². The van der Waals surface area contributed by atoms with Gasteiger partial charge in [-0.15, -0.1) is 0 Å². The van der Waals surface area contributed by atoms with Crippen LogP contribution in [0.3, 0.4) is 0 Å². The lowest BCUT2D eigenvalue weighted by molar-refractivity contribution is -0.120. The molecule has 130 valence electrons. The summed E-state index contributed by atoms with van der Waals surface area (Å²) in [6.07, 6.45) is 0.796. The van der Waals surface area contributed by atoms with E-state index in [1.807, 2.05) is 37.3 Å². The number of halogens is 2. The molecule has 1 saturated carbocycles. The number of rotatable bonds is 6. The lowest BCUT2D eigenvalue weighted by atomic mass is 10.1. The molecule has 6 heteroatoms. The Balaban J connectivity index is 1.45. The largest absolute Gasteiger partial charge is 0.305 e. The highest BCUT2D eigenvalue weighted by molar-refractivity contribution is 5.99. The van der Waals surface area contributed by atoms with Gasteiger partial charge in [0.2, 0.25) is 0 Å². The predicted octanol–water partition coefficient (Wildman–Crippen LogP) is 2.95. The second-order valence-corrected chi connectivity index (χ2v) is 6.10. The zero-order valence-corrected chi connectivity index (χ0v) is 13.8. The fourth-order valence-corrected chi connectivity index (χ4v) is 2.69. The van der Waals surface area contributed by atoms with Crippen LogP contribution in [0, 0.1) is 11.6 Å². The number of carbonyl (C=O) groups is 1. The molecule has 2 aromatic carbocycles. The van der Waals surface area contributed by atoms with Gasteiger partial charge in [-0.2, -0.15) is 5.10 Å². The van der Waals surface area contributed by atoms with Crippen molar-refractivity contribution in [2.24, 2.45) is 5.10 Å². The van der Waals surface area contributed by atoms with Crippen molar-refractivity contribution in [3.8, 4) is 0 Å². The first-order chi connectivity index (χ1) is 12.0. The monoisotopic (exact) mass is 343 g/mol. The molecule has 2 atom stereocenters. The van der Waals surface area contributed by atoms with E-state index in [0.29, 0.717) is 0 Å². The smallest absolute Gasteiger partial charge is 0.254 e. The summed E-state index contributed by atoms with van der Waals surface area (Å²) in [5, 5.41) is 7.18. The van der Waals surface area contributed by atoms with Crippen molar-refractivity contribution >= 4 is 11.6 Å². The molecule has 0 radical (unpaired) electrons. The van der Waals surface area contributed by atoms with Gasteiger partial charge >= 0.3 is 0 Å². The SMILES string of the molecule is C/C(=N\NC(=O)CN[C@@H]1C[C@H]1c1ccc(F)c(F)c1)c1ccccc1. The molecule has 4 nitrogen and oxygen atoms in total. The Kier molecular flexibility index (Phi) is 5.19. The molecule has 0 aromatic heterocycles. The second kappa shape index (κ2) is 7.53. The molecule has 0 saturated heterocycles.